The maximum Gasteiger partial charge on any atom is 0.219 e. The molecule has 1 heterocycles. The van der Waals surface area contributed by atoms with E-state index in [9.17, 15) is 0 Å². The van der Waals surface area contributed by atoms with Crippen molar-refractivity contribution in [1.82, 2.24) is 4.98 Å². The molecular formula is C14H16N2O. The van der Waals surface area contributed by atoms with E-state index in [0.717, 1.165) is 16.9 Å². The van der Waals surface area contributed by atoms with Gasteiger partial charge in [0.2, 0.25) is 5.88 Å². The summed E-state index contributed by atoms with van der Waals surface area (Å²) in [7, 11) is 0. The number of aryl methyl sites for hydroxylation is 1. The van der Waals surface area contributed by atoms with Crippen LogP contribution in [0, 0.1) is 6.92 Å². The lowest BCUT2D eigenvalue weighted by Gasteiger charge is -2.09. The van der Waals surface area contributed by atoms with E-state index in [0.29, 0.717) is 5.88 Å². The molecule has 3 nitrogen and oxygen atoms in total. The molecule has 0 amide bonds. The Hall–Kier alpha value is -1.87. The first-order valence-electron chi connectivity index (χ1n) is 5.62. The van der Waals surface area contributed by atoms with Gasteiger partial charge in [0.1, 0.15) is 5.75 Å². The van der Waals surface area contributed by atoms with E-state index in [2.05, 4.69) is 4.98 Å². The quantitative estimate of drug-likeness (QED) is 0.877. The summed E-state index contributed by atoms with van der Waals surface area (Å²) in [6.45, 7) is 3.94. The fourth-order valence-electron chi connectivity index (χ4n) is 1.51. The van der Waals surface area contributed by atoms with Crippen LogP contribution in [0.1, 0.15) is 24.1 Å². The minimum Gasteiger partial charge on any atom is -0.439 e. The van der Waals surface area contributed by atoms with Crippen LogP contribution < -0.4 is 10.5 Å². The molecule has 0 fully saturated rings. The molecule has 1 aromatic carbocycles. The molecule has 0 bridgehead atoms. The summed E-state index contributed by atoms with van der Waals surface area (Å²) in [4.78, 5) is 4.23. The van der Waals surface area contributed by atoms with Gasteiger partial charge in [0.15, 0.2) is 0 Å². The van der Waals surface area contributed by atoms with Crippen molar-refractivity contribution in [3.63, 3.8) is 0 Å². The topological polar surface area (TPSA) is 48.1 Å². The summed E-state index contributed by atoms with van der Waals surface area (Å²) in [5.74, 6) is 1.41. The summed E-state index contributed by atoms with van der Waals surface area (Å²) in [6.07, 6.45) is 1.75. The fourth-order valence-corrected chi connectivity index (χ4v) is 1.51. The molecule has 0 saturated carbocycles. The Balaban J connectivity index is 2.17. The van der Waals surface area contributed by atoms with E-state index in [1.54, 1.807) is 6.20 Å². The van der Waals surface area contributed by atoms with E-state index in [-0.39, 0.29) is 6.04 Å². The third kappa shape index (κ3) is 2.82. The first kappa shape index (κ1) is 11.6. The zero-order chi connectivity index (χ0) is 12.3. The highest BCUT2D eigenvalue weighted by Gasteiger charge is 2.03. The van der Waals surface area contributed by atoms with Crippen LogP contribution in [-0.4, -0.2) is 4.98 Å². The highest BCUT2D eigenvalue weighted by molar-refractivity contribution is 5.35. The largest absolute Gasteiger partial charge is 0.439 e. The standard InChI is InChI=1S/C14H16N2O/c1-10-5-3-4-6-13(10)17-14-8-7-12(9-16-14)11(2)15/h3-9,11H,15H2,1-2H3/t11-/m1/s1. The fraction of sp³-hybridized carbons (Fsp3) is 0.214. The molecule has 0 radical (unpaired) electrons. The average Bonchev–Trinajstić information content (AvgIpc) is 2.33. The molecule has 2 N–H and O–H groups in total. The minimum atomic E-state index is -0.00462. The van der Waals surface area contributed by atoms with Gasteiger partial charge in [0.25, 0.3) is 0 Å². The summed E-state index contributed by atoms with van der Waals surface area (Å²) >= 11 is 0. The molecule has 0 aliphatic heterocycles. The number of aromatic nitrogens is 1. The molecule has 0 aliphatic carbocycles. The van der Waals surface area contributed by atoms with Gasteiger partial charge in [-0.1, -0.05) is 24.3 Å². The Labute approximate surface area is 101 Å². The number of rotatable bonds is 3. The van der Waals surface area contributed by atoms with Crippen molar-refractivity contribution < 1.29 is 4.74 Å². The molecular weight excluding hydrogens is 212 g/mol. The van der Waals surface area contributed by atoms with Crippen LogP contribution >= 0.6 is 0 Å². The van der Waals surface area contributed by atoms with Crippen LogP contribution in [0.2, 0.25) is 0 Å². The SMILES string of the molecule is Cc1ccccc1Oc1ccc([C@@H](C)N)cn1. The van der Waals surface area contributed by atoms with Gasteiger partial charge in [-0.3, -0.25) is 0 Å². The highest BCUT2D eigenvalue weighted by atomic mass is 16.5. The monoisotopic (exact) mass is 228 g/mol. The third-order valence-corrected chi connectivity index (χ3v) is 2.59. The second-order valence-corrected chi connectivity index (χ2v) is 4.09. The van der Waals surface area contributed by atoms with E-state index >= 15 is 0 Å². The smallest absolute Gasteiger partial charge is 0.219 e. The van der Waals surface area contributed by atoms with Crippen LogP contribution in [0.15, 0.2) is 42.6 Å². The molecule has 0 spiro atoms. The van der Waals surface area contributed by atoms with Crippen molar-refractivity contribution in [3.8, 4) is 11.6 Å². The van der Waals surface area contributed by atoms with Crippen LogP contribution in [0.25, 0.3) is 0 Å². The molecule has 1 atom stereocenters. The minimum absolute atomic E-state index is 0.00462. The Bertz CT molecular complexity index is 492. The lowest BCUT2D eigenvalue weighted by Crippen LogP contribution is -2.05. The summed E-state index contributed by atoms with van der Waals surface area (Å²) < 4.78 is 5.69. The Morgan fingerprint density at radius 2 is 1.94 bits per heavy atom. The van der Waals surface area contributed by atoms with Gasteiger partial charge in [0, 0.05) is 18.3 Å². The second kappa shape index (κ2) is 4.97. The molecule has 0 unspecified atom stereocenters. The molecule has 2 aromatic rings. The first-order valence-corrected chi connectivity index (χ1v) is 5.62. The first-order chi connectivity index (χ1) is 8.16. The summed E-state index contributed by atoms with van der Waals surface area (Å²) in [6, 6.07) is 11.6. The van der Waals surface area contributed by atoms with E-state index in [4.69, 9.17) is 10.5 Å². The molecule has 17 heavy (non-hydrogen) atoms. The van der Waals surface area contributed by atoms with Gasteiger partial charge in [-0.25, -0.2) is 4.98 Å². The molecule has 3 heteroatoms. The lowest BCUT2D eigenvalue weighted by molar-refractivity contribution is 0.459. The predicted octanol–water partition coefficient (Wildman–Crippen LogP) is 3.20. The number of pyridine rings is 1. The van der Waals surface area contributed by atoms with E-state index in [1.807, 2.05) is 50.2 Å². The number of para-hydroxylation sites is 1. The van der Waals surface area contributed by atoms with Crippen molar-refractivity contribution >= 4 is 0 Å². The maximum atomic E-state index is 5.76. The van der Waals surface area contributed by atoms with Gasteiger partial charge in [0.05, 0.1) is 0 Å². The average molecular weight is 228 g/mol. The Kier molecular flexibility index (Phi) is 3.40. The van der Waals surface area contributed by atoms with Gasteiger partial charge in [-0.2, -0.15) is 0 Å². The van der Waals surface area contributed by atoms with E-state index < -0.39 is 0 Å². The second-order valence-electron chi connectivity index (χ2n) is 4.09. The summed E-state index contributed by atoms with van der Waals surface area (Å²) in [5.41, 5.74) is 7.85. The highest BCUT2D eigenvalue weighted by Crippen LogP contribution is 2.23. The van der Waals surface area contributed by atoms with Crippen LogP contribution in [0.5, 0.6) is 11.6 Å². The number of nitrogens with two attached hydrogens (primary N) is 1. The van der Waals surface area contributed by atoms with E-state index in [1.165, 1.54) is 0 Å². The number of hydrogen-bond acceptors (Lipinski definition) is 3. The molecule has 1 aromatic heterocycles. The maximum absolute atomic E-state index is 5.76. The summed E-state index contributed by atoms with van der Waals surface area (Å²) in [5, 5.41) is 0. The number of ether oxygens (including phenoxy) is 1. The van der Waals surface area contributed by atoms with Crippen molar-refractivity contribution in [2.75, 3.05) is 0 Å². The Morgan fingerprint density at radius 1 is 1.18 bits per heavy atom. The molecule has 2 rings (SSSR count). The van der Waals surface area contributed by atoms with Crippen molar-refractivity contribution in [2.24, 2.45) is 5.73 Å². The third-order valence-electron chi connectivity index (χ3n) is 2.59. The van der Waals surface area contributed by atoms with Gasteiger partial charge >= 0.3 is 0 Å². The molecule has 0 saturated heterocycles. The van der Waals surface area contributed by atoms with Crippen LogP contribution in [-0.2, 0) is 0 Å². The van der Waals surface area contributed by atoms with Crippen LogP contribution in [0.3, 0.4) is 0 Å². The lowest BCUT2D eigenvalue weighted by atomic mass is 10.2. The van der Waals surface area contributed by atoms with Gasteiger partial charge < -0.3 is 10.5 Å². The van der Waals surface area contributed by atoms with Crippen molar-refractivity contribution in [1.29, 1.82) is 0 Å². The zero-order valence-corrected chi connectivity index (χ0v) is 10.1. The normalized spacial score (nSPS) is 12.2. The zero-order valence-electron chi connectivity index (χ0n) is 10.1. The van der Waals surface area contributed by atoms with Gasteiger partial charge in [-0.05, 0) is 31.0 Å². The molecule has 88 valence electrons. The number of benzene rings is 1. The molecule has 0 aliphatic rings. The van der Waals surface area contributed by atoms with Gasteiger partial charge in [-0.15, -0.1) is 0 Å². The predicted molar refractivity (Wildman–Crippen MR) is 68.1 cm³/mol. The van der Waals surface area contributed by atoms with Crippen molar-refractivity contribution in [2.45, 2.75) is 19.9 Å². The van der Waals surface area contributed by atoms with Crippen molar-refractivity contribution in [3.05, 3.63) is 53.7 Å². The number of hydrogen-bond donors (Lipinski definition) is 1. The van der Waals surface area contributed by atoms with Crippen LogP contribution in [0.4, 0.5) is 0 Å². The number of nitrogens with zero attached hydrogens (tertiary/aromatic N) is 1. The Morgan fingerprint density at radius 3 is 2.53 bits per heavy atom.